The number of hydrogen-bond donors (Lipinski definition) is 0. The van der Waals surface area contributed by atoms with Crippen molar-refractivity contribution in [3.05, 3.63) is 0 Å². The molecule has 0 aromatic heterocycles. The Hall–Kier alpha value is 0.226. The van der Waals surface area contributed by atoms with Crippen LogP contribution in [0, 0.1) is 0 Å². The molecule has 0 fully saturated rings. The number of carbonyl (C=O) groups excluding carboxylic acids is 2. The first-order valence-corrected chi connectivity index (χ1v) is 6.01. The summed E-state index contributed by atoms with van der Waals surface area (Å²) in [5.74, 6) is 0. The Kier molecular flexibility index (Phi) is 3.36. The van der Waals surface area contributed by atoms with Crippen LogP contribution in [0.4, 0.5) is 9.59 Å². The second-order valence-corrected chi connectivity index (χ2v) is 4.51. The number of carbonyl (C=O) groups is 2. The molecular weight excluding hydrogens is 217 g/mol. The molecule has 0 aliphatic heterocycles. The molecule has 0 N–H and O–H groups in total. The van der Waals surface area contributed by atoms with E-state index in [0.29, 0.717) is 0 Å². The monoisotopic (exact) mass is 226 g/mol. The van der Waals surface area contributed by atoms with E-state index in [-0.39, 0.29) is 42.6 Å². The topological polar surface area (TPSA) is 43.4 Å². The molecule has 0 spiro atoms. The molecule has 0 bridgehead atoms. The summed E-state index contributed by atoms with van der Waals surface area (Å²) < 4.78 is 4.14. The van der Waals surface area contributed by atoms with Gasteiger partial charge in [-0.25, -0.2) is 0 Å². The maximum atomic E-state index is 9.92. The molecule has 0 amide bonds. The summed E-state index contributed by atoms with van der Waals surface area (Å²) in [5.41, 5.74) is 0. The Balaban J connectivity index is 3.32. The van der Waals surface area contributed by atoms with Crippen molar-refractivity contribution in [1.29, 1.82) is 0 Å². The van der Waals surface area contributed by atoms with Crippen LogP contribution in [-0.4, -0.2) is 42.6 Å². The van der Waals surface area contributed by atoms with Crippen molar-refractivity contribution in [2.45, 2.75) is 0 Å². The average molecular weight is 223 g/mol. The third-order valence-electron chi connectivity index (χ3n) is 0.287. The standard InChI is InChI=1S/C2H6Ge2O3/c3-1(5)7-2(4)6/h3-4H3. The molecule has 0 atom stereocenters. The van der Waals surface area contributed by atoms with Crippen LogP contribution in [0.5, 0.6) is 0 Å². The predicted octanol–water partition coefficient (Wildman–Crippen LogP) is -2.03. The molecule has 5 heteroatoms. The summed E-state index contributed by atoms with van der Waals surface area (Å²) in [6.45, 7) is 0. The first kappa shape index (κ1) is 7.23. The van der Waals surface area contributed by atoms with Crippen LogP contribution in [-0.2, 0) is 4.74 Å². The second kappa shape index (κ2) is 3.26. The van der Waals surface area contributed by atoms with Crippen LogP contribution in [0.25, 0.3) is 0 Å². The van der Waals surface area contributed by atoms with Crippen LogP contribution in [0.2, 0.25) is 0 Å². The zero-order valence-corrected chi connectivity index (χ0v) is 12.6. The van der Waals surface area contributed by atoms with Crippen LogP contribution in [0.3, 0.4) is 0 Å². The van der Waals surface area contributed by atoms with Gasteiger partial charge in [-0.1, -0.05) is 0 Å². The Morgan fingerprint density at radius 2 is 1.43 bits per heavy atom. The van der Waals surface area contributed by atoms with Crippen LogP contribution < -0.4 is 0 Å². The molecule has 40 valence electrons. The van der Waals surface area contributed by atoms with Gasteiger partial charge in [0.25, 0.3) is 0 Å². The van der Waals surface area contributed by atoms with Gasteiger partial charge in [-0.3, -0.25) is 0 Å². The van der Waals surface area contributed by atoms with E-state index in [1.54, 1.807) is 0 Å². The molecule has 0 unspecified atom stereocenters. The molecule has 0 aromatic rings. The van der Waals surface area contributed by atoms with Gasteiger partial charge in [0, 0.05) is 0 Å². The van der Waals surface area contributed by atoms with Gasteiger partial charge in [-0.05, 0) is 0 Å². The SMILES string of the molecule is O=[C]([GeH3])O[C](=O)[GeH3]. The summed E-state index contributed by atoms with van der Waals surface area (Å²) >= 11 is 0.00181. The molecule has 0 aliphatic carbocycles. The molecule has 0 rings (SSSR count). The van der Waals surface area contributed by atoms with E-state index in [9.17, 15) is 9.59 Å². The molecule has 0 aromatic carbocycles. The first-order valence-electron chi connectivity index (χ1n) is 1.82. The molecule has 0 saturated carbocycles. The molecule has 0 radical (unpaired) electrons. The Labute approximate surface area is 57.2 Å². The minimum atomic E-state index is -0.328. The first-order chi connectivity index (χ1) is 3.13. The molecule has 0 heterocycles. The summed E-state index contributed by atoms with van der Waals surface area (Å²) in [4.78, 5) is 19.2. The van der Waals surface area contributed by atoms with E-state index in [0.717, 1.165) is 0 Å². The van der Waals surface area contributed by atoms with Crippen molar-refractivity contribution in [3.8, 4) is 0 Å². The van der Waals surface area contributed by atoms with Crippen molar-refractivity contribution >= 4 is 42.6 Å². The number of hydrogen-bond acceptors (Lipinski definition) is 3. The van der Waals surface area contributed by atoms with E-state index >= 15 is 0 Å². The van der Waals surface area contributed by atoms with E-state index in [1.807, 2.05) is 0 Å². The Morgan fingerprint density at radius 1 is 1.14 bits per heavy atom. The number of ether oxygens (including phenoxy) is 1. The minimum absolute atomic E-state index is 0.000903. The van der Waals surface area contributed by atoms with Crippen molar-refractivity contribution in [1.82, 2.24) is 0 Å². The maximum absolute atomic E-state index is 9.92. The molecule has 3 nitrogen and oxygen atoms in total. The van der Waals surface area contributed by atoms with Gasteiger partial charge in [0.1, 0.15) is 0 Å². The van der Waals surface area contributed by atoms with E-state index < -0.39 is 0 Å². The van der Waals surface area contributed by atoms with Gasteiger partial charge in [-0.2, -0.15) is 0 Å². The summed E-state index contributed by atoms with van der Waals surface area (Å²) in [6.07, 6.45) is 0. The van der Waals surface area contributed by atoms with Gasteiger partial charge < -0.3 is 0 Å². The third kappa shape index (κ3) is 6.23. The summed E-state index contributed by atoms with van der Waals surface area (Å²) in [5, 5.41) is 0. The van der Waals surface area contributed by atoms with Crippen molar-refractivity contribution in [2.75, 3.05) is 0 Å². The zero-order valence-electron chi connectivity index (χ0n) is 4.22. The second-order valence-electron chi connectivity index (χ2n) is 1.09. The number of rotatable bonds is 0. The van der Waals surface area contributed by atoms with E-state index in [4.69, 9.17) is 0 Å². The summed E-state index contributed by atoms with van der Waals surface area (Å²) in [7, 11) is 0. The average Bonchev–Trinajstić information content (AvgIpc) is 1.27. The van der Waals surface area contributed by atoms with Crippen LogP contribution >= 0.6 is 0 Å². The van der Waals surface area contributed by atoms with E-state index in [2.05, 4.69) is 4.74 Å². The van der Waals surface area contributed by atoms with Crippen LogP contribution in [0.15, 0.2) is 0 Å². The van der Waals surface area contributed by atoms with Crippen molar-refractivity contribution in [2.24, 2.45) is 0 Å². The molecular formula is C2H6Ge2O3. The quantitative estimate of drug-likeness (QED) is 0.351. The van der Waals surface area contributed by atoms with Gasteiger partial charge in [0.15, 0.2) is 0 Å². The van der Waals surface area contributed by atoms with Gasteiger partial charge >= 0.3 is 57.0 Å². The molecule has 7 heavy (non-hydrogen) atoms. The fourth-order valence-corrected chi connectivity index (χ4v) is 3.21. The fraction of sp³-hybridized carbons (Fsp3) is 0. The normalized spacial score (nSPS) is 8.57. The van der Waals surface area contributed by atoms with Crippen molar-refractivity contribution < 1.29 is 14.3 Å². The van der Waals surface area contributed by atoms with Gasteiger partial charge in [0.2, 0.25) is 0 Å². The predicted molar refractivity (Wildman–Crippen MR) is 31.8 cm³/mol. The van der Waals surface area contributed by atoms with Gasteiger partial charge in [-0.15, -0.1) is 0 Å². The van der Waals surface area contributed by atoms with E-state index in [1.165, 1.54) is 0 Å². The fourth-order valence-electron chi connectivity index (χ4n) is 0.202. The van der Waals surface area contributed by atoms with Crippen LogP contribution in [0.1, 0.15) is 0 Å². The molecule has 0 aliphatic rings. The van der Waals surface area contributed by atoms with Crippen molar-refractivity contribution in [3.63, 3.8) is 0 Å². The van der Waals surface area contributed by atoms with Gasteiger partial charge in [0.05, 0.1) is 0 Å². The zero-order chi connectivity index (χ0) is 5.86. The molecule has 0 saturated heterocycles. The third-order valence-corrected chi connectivity index (χ3v) is 1.14. The Bertz CT molecular complexity index is 87.1. The summed E-state index contributed by atoms with van der Waals surface area (Å²) in [6, 6.07) is 0. The Morgan fingerprint density at radius 3 is 1.43 bits per heavy atom.